The number of hydrogen-bond donors (Lipinski definition) is 1. The number of nitrogens with one attached hydrogen (secondary N) is 1. The Balaban J connectivity index is 1.33. The molecule has 1 saturated heterocycles. The lowest BCUT2D eigenvalue weighted by molar-refractivity contribution is -0.129. The minimum absolute atomic E-state index is 0.0355. The highest BCUT2D eigenvalue weighted by Crippen LogP contribution is 2.49. The standard InChI is InChI=1S/C28H34FN5O2/c1-3-19-15-22(20-7-8-20)24(25-31-27(33-32-25)36-4-2)16-23(19)26(35)34-13-11-28(29,12-14-34)21-9-5-18(17-30)6-10-21/h5,9-10,15-16,18,20,22,24H,3-4,6-8,11-14H2,1-2H3,(H,31,32,33). The number of aromatic nitrogens is 3. The van der Waals surface area contributed by atoms with Gasteiger partial charge in [-0.1, -0.05) is 37.3 Å². The van der Waals surface area contributed by atoms with Crippen LogP contribution in [0.4, 0.5) is 4.39 Å². The molecule has 8 heteroatoms. The van der Waals surface area contributed by atoms with Crippen molar-refractivity contribution in [3.05, 3.63) is 52.9 Å². The summed E-state index contributed by atoms with van der Waals surface area (Å²) in [6, 6.07) is 2.54. The van der Waals surface area contributed by atoms with Gasteiger partial charge in [0, 0.05) is 37.4 Å². The van der Waals surface area contributed by atoms with E-state index in [-0.39, 0.29) is 36.5 Å². The number of piperidine rings is 1. The van der Waals surface area contributed by atoms with Crippen molar-refractivity contribution in [3.8, 4) is 12.1 Å². The Bertz CT molecular complexity index is 1160. The van der Waals surface area contributed by atoms with Crippen molar-refractivity contribution in [3.63, 3.8) is 0 Å². The molecule has 0 bridgehead atoms. The molecule has 7 nitrogen and oxygen atoms in total. The topological polar surface area (TPSA) is 94.9 Å². The van der Waals surface area contributed by atoms with Crippen molar-refractivity contribution in [2.45, 2.75) is 64.0 Å². The van der Waals surface area contributed by atoms with Crippen LogP contribution in [0, 0.1) is 29.1 Å². The number of nitriles is 1. The predicted molar refractivity (Wildman–Crippen MR) is 134 cm³/mol. The second kappa shape index (κ2) is 10.0. The Kier molecular flexibility index (Phi) is 6.83. The monoisotopic (exact) mass is 491 g/mol. The third-order valence-electron chi connectivity index (χ3n) is 7.98. The number of aromatic amines is 1. The predicted octanol–water partition coefficient (Wildman–Crippen LogP) is 4.95. The van der Waals surface area contributed by atoms with Gasteiger partial charge in [0.2, 0.25) is 0 Å². The minimum Gasteiger partial charge on any atom is -0.463 e. The maximum absolute atomic E-state index is 15.8. The molecule has 5 rings (SSSR count). The fourth-order valence-corrected chi connectivity index (χ4v) is 5.68. The van der Waals surface area contributed by atoms with Crippen LogP contribution in [0.15, 0.2) is 47.1 Å². The highest BCUT2D eigenvalue weighted by Gasteiger charge is 2.42. The Morgan fingerprint density at radius 3 is 2.69 bits per heavy atom. The summed E-state index contributed by atoms with van der Waals surface area (Å²) in [4.78, 5) is 20.1. The number of allylic oxidation sites excluding steroid dienone is 6. The number of carbonyl (C=O) groups is 1. The van der Waals surface area contributed by atoms with E-state index in [0.717, 1.165) is 17.8 Å². The molecule has 1 aromatic rings. The van der Waals surface area contributed by atoms with Crippen LogP contribution in [0.2, 0.25) is 0 Å². The molecule has 1 aliphatic heterocycles. The van der Waals surface area contributed by atoms with E-state index < -0.39 is 5.67 Å². The number of rotatable bonds is 7. The second-order valence-electron chi connectivity index (χ2n) is 10.2. The number of halogens is 1. The van der Waals surface area contributed by atoms with Crippen LogP contribution < -0.4 is 4.74 Å². The molecule has 0 aromatic carbocycles. The third kappa shape index (κ3) is 4.76. The average Bonchev–Trinajstić information content (AvgIpc) is 3.66. The number of carbonyl (C=O) groups excluding carboxylic acids is 1. The van der Waals surface area contributed by atoms with Gasteiger partial charge in [-0.2, -0.15) is 10.2 Å². The molecule has 1 amide bonds. The van der Waals surface area contributed by atoms with E-state index in [1.54, 1.807) is 17.1 Å². The van der Waals surface area contributed by atoms with Crippen molar-refractivity contribution < 1.29 is 13.9 Å². The number of H-pyrrole nitrogens is 1. The summed E-state index contributed by atoms with van der Waals surface area (Å²) in [5.41, 5.74) is 0.964. The van der Waals surface area contributed by atoms with E-state index in [1.165, 1.54) is 12.8 Å². The second-order valence-corrected chi connectivity index (χ2v) is 10.2. The molecule has 36 heavy (non-hydrogen) atoms. The quantitative estimate of drug-likeness (QED) is 0.583. The number of ether oxygens (including phenoxy) is 1. The molecule has 3 unspecified atom stereocenters. The van der Waals surface area contributed by atoms with Gasteiger partial charge in [0.15, 0.2) is 0 Å². The Labute approximate surface area is 211 Å². The average molecular weight is 492 g/mol. The molecule has 3 atom stereocenters. The Morgan fingerprint density at radius 2 is 2.08 bits per heavy atom. The summed E-state index contributed by atoms with van der Waals surface area (Å²) in [6.45, 7) is 5.20. The SMILES string of the molecule is CCOc1n[nH]c(C2C=C(C(=O)N3CCC(F)(C4=CCC(C#N)C=C4)CC3)C(CC)=CC2C2CC2)n1. The van der Waals surface area contributed by atoms with Gasteiger partial charge in [0.25, 0.3) is 5.91 Å². The smallest absolute Gasteiger partial charge is 0.335 e. The van der Waals surface area contributed by atoms with Crippen LogP contribution in [-0.2, 0) is 4.79 Å². The molecule has 0 spiro atoms. The first-order valence-corrected chi connectivity index (χ1v) is 13.2. The fraction of sp³-hybridized carbons (Fsp3) is 0.571. The molecule has 0 radical (unpaired) electrons. The molecule has 1 saturated carbocycles. The third-order valence-corrected chi connectivity index (χ3v) is 7.98. The van der Waals surface area contributed by atoms with Gasteiger partial charge in [0.05, 0.1) is 18.6 Å². The van der Waals surface area contributed by atoms with E-state index in [0.29, 0.717) is 49.2 Å². The molecule has 1 N–H and O–H groups in total. The van der Waals surface area contributed by atoms with Crippen LogP contribution in [0.25, 0.3) is 0 Å². The molecular formula is C28H34FN5O2. The molecule has 2 heterocycles. The number of hydrogen-bond acceptors (Lipinski definition) is 5. The van der Waals surface area contributed by atoms with Gasteiger partial charge < -0.3 is 9.64 Å². The van der Waals surface area contributed by atoms with Crippen LogP contribution in [0.3, 0.4) is 0 Å². The summed E-state index contributed by atoms with van der Waals surface area (Å²) in [7, 11) is 0. The first kappa shape index (κ1) is 24.5. The van der Waals surface area contributed by atoms with E-state index in [2.05, 4.69) is 40.3 Å². The number of amides is 1. The summed E-state index contributed by atoms with van der Waals surface area (Å²) in [5.74, 6) is 1.31. The van der Waals surface area contributed by atoms with Gasteiger partial charge in [-0.25, -0.2) is 4.39 Å². The van der Waals surface area contributed by atoms with Gasteiger partial charge in [-0.3, -0.25) is 9.89 Å². The van der Waals surface area contributed by atoms with Crippen LogP contribution >= 0.6 is 0 Å². The van der Waals surface area contributed by atoms with Crippen LogP contribution in [-0.4, -0.2) is 51.4 Å². The number of likely N-dealkylation sites (tertiary alicyclic amines) is 1. The van der Waals surface area contributed by atoms with Crippen molar-refractivity contribution in [1.82, 2.24) is 20.1 Å². The highest BCUT2D eigenvalue weighted by molar-refractivity contribution is 5.98. The zero-order valence-electron chi connectivity index (χ0n) is 21.0. The minimum atomic E-state index is -1.45. The largest absolute Gasteiger partial charge is 0.463 e. The molecule has 4 aliphatic rings. The van der Waals surface area contributed by atoms with Crippen molar-refractivity contribution in [2.75, 3.05) is 19.7 Å². The van der Waals surface area contributed by atoms with Gasteiger partial charge in [-0.15, -0.1) is 5.10 Å². The summed E-state index contributed by atoms with van der Waals surface area (Å²) < 4.78 is 21.3. The van der Waals surface area contributed by atoms with Crippen molar-refractivity contribution >= 4 is 5.91 Å². The molecule has 1 aromatic heterocycles. The molecule has 190 valence electrons. The van der Waals surface area contributed by atoms with E-state index >= 15 is 4.39 Å². The van der Waals surface area contributed by atoms with Crippen LogP contribution in [0.1, 0.15) is 64.1 Å². The molecular weight excluding hydrogens is 457 g/mol. The maximum atomic E-state index is 15.8. The summed E-state index contributed by atoms with van der Waals surface area (Å²) >= 11 is 0. The Morgan fingerprint density at radius 1 is 1.31 bits per heavy atom. The zero-order chi connectivity index (χ0) is 25.3. The number of nitrogens with zero attached hydrogens (tertiary/aromatic N) is 4. The van der Waals surface area contributed by atoms with E-state index in [9.17, 15) is 4.79 Å². The van der Waals surface area contributed by atoms with Crippen LogP contribution in [0.5, 0.6) is 6.01 Å². The normalized spacial score (nSPS) is 27.6. The van der Waals surface area contributed by atoms with Gasteiger partial charge in [-0.05, 0) is 55.6 Å². The van der Waals surface area contributed by atoms with E-state index in [4.69, 9.17) is 10.00 Å². The lowest BCUT2D eigenvalue weighted by Gasteiger charge is -2.39. The van der Waals surface area contributed by atoms with E-state index in [1.807, 2.05) is 13.0 Å². The lowest BCUT2D eigenvalue weighted by Crippen LogP contribution is -2.46. The van der Waals surface area contributed by atoms with Gasteiger partial charge in [0.1, 0.15) is 11.5 Å². The summed E-state index contributed by atoms with van der Waals surface area (Å²) in [6.07, 6.45) is 13.9. The molecule has 2 fully saturated rings. The maximum Gasteiger partial charge on any atom is 0.335 e. The highest BCUT2D eigenvalue weighted by atomic mass is 19.1. The zero-order valence-corrected chi connectivity index (χ0v) is 21.0. The van der Waals surface area contributed by atoms with Crippen molar-refractivity contribution in [2.24, 2.45) is 17.8 Å². The molecule has 3 aliphatic carbocycles. The van der Waals surface area contributed by atoms with Crippen molar-refractivity contribution in [1.29, 1.82) is 5.26 Å². The first-order valence-electron chi connectivity index (χ1n) is 13.2. The summed E-state index contributed by atoms with van der Waals surface area (Å²) in [5, 5.41) is 16.3. The Hall–Kier alpha value is -3.21. The van der Waals surface area contributed by atoms with Gasteiger partial charge >= 0.3 is 6.01 Å². The lowest BCUT2D eigenvalue weighted by atomic mass is 9.77. The number of alkyl halides is 1. The first-order chi connectivity index (χ1) is 17.5. The fourth-order valence-electron chi connectivity index (χ4n) is 5.68.